The standard InChI is InChI=1S/C21H25NO4/c1-15-8-10-18(16(2)14-15)26-13-12-22-20(23)11-9-17-6-5-7-19(24-3)21(17)25-4/h5-11,14H,12-13H2,1-4H3,(H,22,23)/b11-9+. The van der Waals surface area contributed by atoms with E-state index in [1.807, 2.05) is 38.1 Å². The van der Waals surface area contributed by atoms with Crippen LogP contribution < -0.4 is 19.5 Å². The van der Waals surface area contributed by atoms with Gasteiger partial charge < -0.3 is 19.5 Å². The molecule has 1 N–H and O–H groups in total. The molecule has 5 heteroatoms. The average Bonchev–Trinajstić information content (AvgIpc) is 2.64. The van der Waals surface area contributed by atoms with Gasteiger partial charge in [0.1, 0.15) is 12.4 Å². The number of hydrogen-bond acceptors (Lipinski definition) is 4. The summed E-state index contributed by atoms with van der Waals surface area (Å²) in [6.07, 6.45) is 3.16. The molecule has 138 valence electrons. The van der Waals surface area contributed by atoms with Crippen molar-refractivity contribution < 1.29 is 19.0 Å². The van der Waals surface area contributed by atoms with Crippen LogP contribution in [0.25, 0.3) is 6.08 Å². The van der Waals surface area contributed by atoms with Gasteiger partial charge in [0.15, 0.2) is 11.5 Å². The number of rotatable bonds is 8. The molecule has 1 amide bonds. The molecule has 0 atom stereocenters. The van der Waals surface area contributed by atoms with Crippen LogP contribution in [0.1, 0.15) is 16.7 Å². The van der Waals surface area contributed by atoms with Crippen molar-refractivity contribution in [2.24, 2.45) is 0 Å². The first kappa shape index (κ1) is 19.4. The van der Waals surface area contributed by atoms with Crippen molar-refractivity contribution in [3.63, 3.8) is 0 Å². The van der Waals surface area contributed by atoms with E-state index < -0.39 is 0 Å². The number of methoxy groups -OCH3 is 2. The Balaban J connectivity index is 1.84. The lowest BCUT2D eigenvalue weighted by Gasteiger charge is -2.10. The van der Waals surface area contributed by atoms with Gasteiger partial charge in [-0.05, 0) is 37.6 Å². The first-order valence-electron chi connectivity index (χ1n) is 8.42. The fourth-order valence-corrected chi connectivity index (χ4v) is 2.56. The molecule has 2 aromatic rings. The van der Waals surface area contributed by atoms with Crippen molar-refractivity contribution in [1.29, 1.82) is 0 Å². The zero-order valence-corrected chi connectivity index (χ0v) is 15.7. The summed E-state index contributed by atoms with van der Waals surface area (Å²) in [5, 5.41) is 2.80. The lowest BCUT2D eigenvalue weighted by atomic mass is 10.1. The third kappa shape index (κ3) is 5.28. The topological polar surface area (TPSA) is 56.8 Å². The molecular formula is C21H25NO4. The Morgan fingerprint density at radius 1 is 1.08 bits per heavy atom. The van der Waals surface area contributed by atoms with Crippen molar-refractivity contribution in [3.8, 4) is 17.2 Å². The summed E-state index contributed by atoms with van der Waals surface area (Å²) < 4.78 is 16.3. The van der Waals surface area contributed by atoms with Gasteiger partial charge in [-0.2, -0.15) is 0 Å². The lowest BCUT2D eigenvalue weighted by molar-refractivity contribution is -0.116. The van der Waals surface area contributed by atoms with Gasteiger partial charge in [-0.25, -0.2) is 0 Å². The largest absolute Gasteiger partial charge is 0.493 e. The summed E-state index contributed by atoms with van der Waals surface area (Å²) in [7, 11) is 3.15. The van der Waals surface area contributed by atoms with Gasteiger partial charge in [-0.3, -0.25) is 4.79 Å². The van der Waals surface area contributed by atoms with Crippen LogP contribution in [0, 0.1) is 13.8 Å². The van der Waals surface area contributed by atoms with Crippen LogP contribution >= 0.6 is 0 Å². The molecule has 0 radical (unpaired) electrons. The number of carbonyl (C=O) groups excluding carboxylic acids is 1. The van der Waals surface area contributed by atoms with E-state index >= 15 is 0 Å². The third-order valence-electron chi connectivity index (χ3n) is 3.84. The minimum Gasteiger partial charge on any atom is -0.493 e. The van der Waals surface area contributed by atoms with Crippen molar-refractivity contribution >= 4 is 12.0 Å². The molecule has 0 heterocycles. The Morgan fingerprint density at radius 3 is 2.58 bits per heavy atom. The zero-order valence-electron chi connectivity index (χ0n) is 15.7. The zero-order chi connectivity index (χ0) is 18.9. The minimum atomic E-state index is -0.195. The van der Waals surface area contributed by atoms with E-state index in [4.69, 9.17) is 14.2 Å². The Bertz CT molecular complexity index is 784. The van der Waals surface area contributed by atoms with Gasteiger partial charge in [0.25, 0.3) is 0 Å². The summed E-state index contributed by atoms with van der Waals surface area (Å²) in [5.41, 5.74) is 3.05. The second-order valence-corrected chi connectivity index (χ2v) is 5.82. The Kier molecular flexibility index (Phi) is 7.09. The van der Waals surface area contributed by atoms with E-state index in [-0.39, 0.29) is 5.91 Å². The number of hydrogen-bond donors (Lipinski definition) is 1. The molecule has 0 aliphatic rings. The number of ether oxygens (including phenoxy) is 3. The van der Waals surface area contributed by atoms with Crippen LogP contribution in [0.4, 0.5) is 0 Å². The van der Waals surface area contributed by atoms with Gasteiger partial charge in [-0.1, -0.05) is 29.8 Å². The molecule has 0 unspecified atom stereocenters. The quantitative estimate of drug-likeness (QED) is 0.581. The molecule has 2 rings (SSSR count). The molecule has 0 aromatic heterocycles. The normalized spacial score (nSPS) is 10.6. The summed E-state index contributed by atoms with van der Waals surface area (Å²) in [4.78, 5) is 12.0. The van der Waals surface area contributed by atoms with Crippen molar-refractivity contribution in [2.75, 3.05) is 27.4 Å². The van der Waals surface area contributed by atoms with Crippen LogP contribution in [0.3, 0.4) is 0 Å². The summed E-state index contributed by atoms with van der Waals surface area (Å²) in [6.45, 7) is 4.88. The molecule has 0 aliphatic carbocycles. The highest BCUT2D eigenvalue weighted by Gasteiger charge is 2.07. The van der Waals surface area contributed by atoms with Crippen molar-refractivity contribution in [3.05, 3.63) is 59.2 Å². The third-order valence-corrected chi connectivity index (χ3v) is 3.84. The first-order valence-corrected chi connectivity index (χ1v) is 8.42. The number of nitrogens with one attached hydrogen (secondary N) is 1. The SMILES string of the molecule is COc1cccc(/C=C/C(=O)NCCOc2ccc(C)cc2C)c1OC. The number of carbonyl (C=O) groups is 1. The predicted molar refractivity (Wildman–Crippen MR) is 103 cm³/mol. The second kappa shape index (κ2) is 9.51. The number of benzene rings is 2. The second-order valence-electron chi connectivity index (χ2n) is 5.82. The maximum Gasteiger partial charge on any atom is 0.244 e. The highest BCUT2D eigenvalue weighted by Crippen LogP contribution is 2.31. The number of amides is 1. The van der Waals surface area contributed by atoms with E-state index in [0.29, 0.717) is 24.7 Å². The van der Waals surface area contributed by atoms with Crippen molar-refractivity contribution in [1.82, 2.24) is 5.32 Å². The minimum absolute atomic E-state index is 0.195. The molecule has 0 saturated carbocycles. The molecule has 0 aliphatic heterocycles. The van der Waals surface area contributed by atoms with Crippen LogP contribution in [0.15, 0.2) is 42.5 Å². The molecule has 2 aromatic carbocycles. The Hall–Kier alpha value is -2.95. The summed E-state index contributed by atoms with van der Waals surface area (Å²) in [5.74, 6) is 1.86. The van der Waals surface area contributed by atoms with E-state index in [2.05, 4.69) is 11.4 Å². The Labute approximate surface area is 154 Å². The fourth-order valence-electron chi connectivity index (χ4n) is 2.56. The van der Waals surface area contributed by atoms with Gasteiger partial charge in [0, 0.05) is 11.6 Å². The smallest absolute Gasteiger partial charge is 0.244 e. The van der Waals surface area contributed by atoms with E-state index in [9.17, 15) is 4.79 Å². The molecule has 5 nitrogen and oxygen atoms in total. The van der Waals surface area contributed by atoms with E-state index in [1.54, 1.807) is 26.4 Å². The monoisotopic (exact) mass is 355 g/mol. The van der Waals surface area contributed by atoms with Gasteiger partial charge in [0.05, 0.1) is 20.8 Å². The summed E-state index contributed by atoms with van der Waals surface area (Å²) >= 11 is 0. The molecular weight excluding hydrogens is 330 g/mol. The Morgan fingerprint density at radius 2 is 1.88 bits per heavy atom. The predicted octanol–water partition coefficient (Wildman–Crippen LogP) is 3.53. The van der Waals surface area contributed by atoms with Gasteiger partial charge in [-0.15, -0.1) is 0 Å². The molecule has 26 heavy (non-hydrogen) atoms. The van der Waals surface area contributed by atoms with Crippen LogP contribution in [0.2, 0.25) is 0 Å². The maximum absolute atomic E-state index is 12.0. The molecule has 0 fully saturated rings. The average molecular weight is 355 g/mol. The molecule has 0 bridgehead atoms. The fraction of sp³-hybridized carbons (Fsp3) is 0.286. The first-order chi connectivity index (χ1) is 12.5. The lowest BCUT2D eigenvalue weighted by Crippen LogP contribution is -2.26. The van der Waals surface area contributed by atoms with Gasteiger partial charge in [0.2, 0.25) is 5.91 Å². The van der Waals surface area contributed by atoms with E-state index in [0.717, 1.165) is 16.9 Å². The van der Waals surface area contributed by atoms with Crippen LogP contribution in [-0.2, 0) is 4.79 Å². The molecule has 0 saturated heterocycles. The number of aryl methyl sites for hydroxylation is 2. The maximum atomic E-state index is 12.0. The van der Waals surface area contributed by atoms with Crippen LogP contribution in [-0.4, -0.2) is 33.3 Å². The molecule has 0 spiro atoms. The highest BCUT2D eigenvalue weighted by atomic mass is 16.5. The van der Waals surface area contributed by atoms with Crippen LogP contribution in [0.5, 0.6) is 17.2 Å². The van der Waals surface area contributed by atoms with Crippen molar-refractivity contribution in [2.45, 2.75) is 13.8 Å². The summed E-state index contributed by atoms with van der Waals surface area (Å²) in [6, 6.07) is 11.5. The van der Waals surface area contributed by atoms with E-state index in [1.165, 1.54) is 11.6 Å². The number of para-hydroxylation sites is 1. The van der Waals surface area contributed by atoms with Gasteiger partial charge >= 0.3 is 0 Å². The highest BCUT2D eigenvalue weighted by molar-refractivity contribution is 5.92.